The van der Waals surface area contributed by atoms with Crippen molar-refractivity contribution in [1.82, 2.24) is 14.4 Å². The van der Waals surface area contributed by atoms with Gasteiger partial charge in [0.1, 0.15) is 11.5 Å². The van der Waals surface area contributed by atoms with E-state index in [-0.39, 0.29) is 0 Å². The van der Waals surface area contributed by atoms with E-state index in [1.807, 2.05) is 24.3 Å². The molecule has 4 aromatic rings. The van der Waals surface area contributed by atoms with Gasteiger partial charge in [0.25, 0.3) is 0 Å². The number of benzene rings is 3. The molecule has 0 radical (unpaired) electrons. The first-order valence-electron chi connectivity index (χ1n) is 14.2. The molecular weight excluding hydrogens is 498 g/mol. The van der Waals surface area contributed by atoms with Crippen LogP contribution in [0.4, 0.5) is 0 Å². The number of methoxy groups -OCH3 is 2. The maximum atomic E-state index is 11.1. The van der Waals surface area contributed by atoms with E-state index >= 15 is 0 Å². The van der Waals surface area contributed by atoms with Gasteiger partial charge in [0, 0.05) is 61.9 Å². The van der Waals surface area contributed by atoms with Gasteiger partial charge in [0.05, 0.1) is 20.3 Å². The van der Waals surface area contributed by atoms with Gasteiger partial charge in [-0.1, -0.05) is 49.4 Å². The monoisotopic (exact) mass is 539 g/mol. The van der Waals surface area contributed by atoms with Crippen LogP contribution in [0.25, 0.3) is 22.0 Å². The lowest BCUT2D eigenvalue weighted by Gasteiger charge is -2.33. The quantitative estimate of drug-likeness (QED) is 0.283. The topological polar surface area (TPSA) is 50.1 Å². The number of aliphatic hydroxyl groups excluding tert-OH is 1. The van der Waals surface area contributed by atoms with Gasteiger partial charge >= 0.3 is 0 Å². The molecule has 210 valence electrons. The minimum Gasteiger partial charge on any atom is -0.497 e. The Morgan fingerprint density at radius 3 is 2.25 bits per heavy atom. The van der Waals surface area contributed by atoms with Crippen LogP contribution in [0, 0.1) is 0 Å². The Hall–Kier alpha value is -3.58. The van der Waals surface area contributed by atoms with Crippen molar-refractivity contribution in [2.24, 2.45) is 0 Å². The fourth-order valence-corrected chi connectivity index (χ4v) is 5.80. The fourth-order valence-electron chi connectivity index (χ4n) is 5.80. The Morgan fingerprint density at radius 2 is 1.55 bits per heavy atom. The third-order valence-electron chi connectivity index (χ3n) is 7.98. The zero-order valence-corrected chi connectivity index (χ0v) is 24.1. The number of allylic oxidation sites excluding steroid dienone is 1. The van der Waals surface area contributed by atoms with Gasteiger partial charge in [-0.3, -0.25) is 4.90 Å². The molecule has 1 N–H and O–H groups in total. The van der Waals surface area contributed by atoms with Crippen molar-refractivity contribution in [2.45, 2.75) is 26.0 Å². The number of fused-ring (bicyclic) bond motifs is 1. The Labute approximate surface area is 238 Å². The maximum Gasteiger partial charge on any atom is 0.119 e. The number of likely N-dealkylation sites (N-methyl/N-ethyl adjacent to an activating group) is 1. The first kappa shape index (κ1) is 28.0. The van der Waals surface area contributed by atoms with Crippen molar-refractivity contribution < 1.29 is 14.6 Å². The molecule has 0 aliphatic carbocycles. The largest absolute Gasteiger partial charge is 0.497 e. The normalized spacial score (nSPS) is 16.1. The molecule has 1 saturated heterocycles. The molecule has 6 nitrogen and oxygen atoms in total. The van der Waals surface area contributed by atoms with Crippen LogP contribution in [0.3, 0.4) is 0 Å². The molecule has 1 aliphatic heterocycles. The molecular formula is C34H41N3O3. The summed E-state index contributed by atoms with van der Waals surface area (Å²) >= 11 is 0. The van der Waals surface area contributed by atoms with Gasteiger partial charge in [-0.05, 0) is 66.1 Å². The fraction of sp³-hybridized carbons (Fsp3) is 0.353. The average molecular weight is 540 g/mol. The second-order valence-corrected chi connectivity index (χ2v) is 10.6. The summed E-state index contributed by atoms with van der Waals surface area (Å²) in [6.45, 7) is 7.56. The summed E-state index contributed by atoms with van der Waals surface area (Å²) in [5.74, 6) is 1.66. The van der Waals surface area contributed by atoms with E-state index in [4.69, 9.17) is 9.47 Å². The zero-order valence-electron chi connectivity index (χ0n) is 24.1. The highest BCUT2D eigenvalue weighted by molar-refractivity contribution is 6.05. The lowest BCUT2D eigenvalue weighted by atomic mass is 9.88. The van der Waals surface area contributed by atoms with Crippen molar-refractivity contribution in [2.75, 3.05) is 54.0 Å². The molecule has 3 aromatic carbocycles. The van der Waals surface area contributed by atoms with E-state index in [2.05, 4.69) is 83.1 Å². The summed E-state index contributed by atoms with van der Waals surface area (Å²) in [6, 6.07) is 25.1. The van der Waals surface area contributed by atoms with Gasteiger partial charge in [-0.2, -0.15) is 0 Å². The molecule has 40 heavy (non-hydrogen) atoms. The van der Waals surface area contributed by atoms with Crippen LogP contribution >= 0.6 is 0 Å². The number of nitrogens with zero attached hydrogens (tertiary/aromatic N) is 3. The highest BCUT2D eigenvalue weighted by atomic mass is 16.5. The molecule has 5 rings (SSSR count). The molecule has 0 spiro atoms. The van der Waals surface area contributed by atoms with Crippen molar-refractivity contribution in [3.8, 4) is 11.5 Å². The summed E-state index contributed by atoms with van der Waals surface area (Å²) in [5.41, 5.74) is 6.98. The molecule has 1 unspecified atom stereocenters. The lowest BCUT2D eigenvalue weighted by molar-refractivity contribution is 0.0717. The molecule has 0 saturated carbocycles. The van der Waals surface area contributed by atoms with Crippen LogP contribution in [0.5, 0.6) is 11.5 Å². The molecule has 0 bridgehead atoms. The number of hydrogen-bond donors (Lipinski definition) is 1. The van der Waals surface area contributed by atoms with Crippen molar-refractivity contribution in [1.29, 1.82) is 0 Å². The van der Waals surface area contributed by atoms with Crippen LogP contribution in [0.1, 0.15) is 30.0 Å². The van der Waals surface area contributed by atoms with Gasteiger partial charge < -0.3 is 24.0 Å². The highest BCUT2D eigenvalue weighted by Gasteiger charge is 2.21. The zero-order chi connectivity index (χ0) is 28.1. The predicted octanol–water partition coefficient (Wildman–Crippen LogP) is 5.64. The number of rotatable bonds is 10. The van der Waals surface area contributed by atoms with Crippen LogP contribution in [0.2, 0.25) is 0 Å². The van der Waals surface area contributed by atoms with Crippen molar-refractivity contribution in [3.05, 3.63) is 95.7 Å². The molecule has 1 atom stereocenters. The summed E-state index contributed by atoms with van der Waals surface area (Å²) in [5, 5.41) is 12.3. The number of hydrogen-bond acceptors (Lipinski definition) is 5. The SMILES string of the molecule is CCC(=C(c1ccc(OC)cc1)c1cccc(OC)c1)c1cn(CC(O)CN2CCN(C)CC2)c2ccccc12. The first-order chi connectivity index (χ1) is 19.5. The van der Waals surface area contributed by atoms with Gasteiger partial charge in [-0.25, -0.2) is 0 Å². The average Bonchev–Trinajstić information content (AvgIpc) is 3.34. The Morgan fingerprint density at radius 1 is 0.825 bits per heavy atom. The van der Waals surface area contributed by atoms with E-state index < -0.39 is 6.10 Å². The number of β-amino-alcohol motifs (C(OH)–C–C–N with tert-alkyl or cyclic N) is 1. The van der Waals surface area contributed by atoms with E-state index in [0.29, 0.717) is 13.1 Å². The minimum atomic E-state index is -0.444. The second-order valence-electron chi connectivity index (χ2n) is 10.6. The number of piperazine rings is 1. The standard InChI is InChI=1S/C34H41N3O3/c1-5-30(34(25-13-15-28(39-3)16-14-25)26-9-8-10-29(21-26)40-4)32-24-37(33-12-7-6-11-31(32)33)23-27(38)22-36-19-17-35(2)18-20-36/h6-16,21,24,27,38H,5,17-20,22-23H2,1-4H3. The van der Waals surface area contributed by atoms with Gasteiger partial charge in [-0.15, -0.1) is 0 Å². The number of ether oxygens (including phenoxy) is 2. The molecule has 1 fully saturated rings. The third-order valence-corrected chi connectivity index (χ3v) is 7.98. The predicted molar refractivity (Wildman–Crippen MR) is 164 cm³/mol. The van der Waals surface area contributed by atoms with Gasteiger partial charge in [0.2, 0.25) is 0 Å². The van der Waals surface area contributed by atoms with E-state index in [1.54, 1.807) is 14.2 Å². The highest BCUT2D eigenvalue weighted by Crippen LogP contribution is 2.39. The summed E-state index contributed by atoms with van der Waals surface area (Å²) in [7, 11) is 5.56. The number of aromatic nitrogens is 1. The minimum absolute atomic E-state index is 0.444. The molecule has 0 amide bonds. The number of aliphatic hydroxyl groups is 1. The number of para-hydroxylation sites is 1. The van der Waals surface area contributed by atoms with Gasteiger partial charge in [0.15, 0.2) is 0 Å². The second kappa shape index (κ2) is 12.7. The molecule has 6 heteroatoms. The van der Waals surface area contributed by atoms with E-state index in [9.17, 15) is 5.11 Å². The van der Waals surface area contributed by atoms with Crippen LogP contribution < -0.4 is 9.47 Å². The smallest absolute Gasteiger partial charge is 0.119 e. The summed E-state index contributed by atoms with van der Waals surface area (Å²) in [6.07, 6.45) is 2.64. The molecule has 2 heterocycles. The van der Waals surface area contributed by atoms with E-state index in [0.717, 1.165) is 60.7 Å². The molecule has 1 aromatic heterocycles. The summed E-state index contributed by atoms with van der Waals surface area (Å²) in [4.78, 5) is 4.72. The third kappa shape index (κ3) is 6.09. The van der Waals surface area contributed by atoms with Crippen LogP contribution in [-0.4, -0.2) is 79.6 Å². The van der Waals surface area contributed by atoms with Crippen molar-refractivity contribution >= 4 is 22.0 Å². The van der Waals surface area contributed by atoms with Crippen molar-refractivity contribution in [3.63, 3.8) is 0 Å². The van der Waals surface area contributed by atoms with Crippen LogP contribution in [0.15, 0.2) is 79.0 Å². The maximum absolute atomic E-state index is 11.1. The Balaban J connectivity index is 1.59. The van der Waals surface area contributed by atoms with Crippen LogP contribution in [-0.2, 0) is 6.54 Å². The molecule has 1 aliphatic rings. The Kier molecular flexibility index (Phi) is 8.90. The lowest BCUT2D eigenvalue weighted by Crippen LogP contribution is -2.47. The van der Waals surface area contributed by atoms with E-state index in [1.165, 1.54) is 22.1 Å². The summed E-state index contributed by atoms with van der Waals surface area (Å²) < 4.78 is 13.3. The first-order valence-corrected chi connectivity index (χ1v) is 14.2. The Bertz CT molecular complexity index is 1450.